The number of carbonyl (C=O) groups excluding carboxylic acids is 2. The van der Waals surface area contributed by atoms with Gasteiger partial charge in [0.15, 0.2) is 0 Å². The minimum Gasteiger partial charge on any atom is -0.507 e. The number of amides is 2. The van der Waals surface area contributed by atoms with Crippen LogP contribution in [0.25, 0.3) is 0 Å². The van der Waals surface area contributed by atoms with Crippen molar-refractivity contribution in [3.05, 3.63) is 27.3 Å². The van der Waals surface area contributed by atoms with Gasteiger partial charge in [-0.15, -0.1) is 0 Å². The first-order chi connectivity index (χ1) is 9.04. The topological polar surface area (TPSA) is 69.6 Å². The van der Waals surface area contributed by atoms with Gasteiger partial charge < -0.3 is 15.3 Å². The zero-order chi connectivity index (χ0) is 14.0. The smallest absolute Gasteiger partial charge is 0.254 e. The van der Waals surface area contributed by atoms with Gasteiger partial charge in [0.2, 0.25) is 5.91 Å². The van der Waals surface area contributed by atoms with Crippen LogP contribution in [0.15, 0.2) is 18.2 Å². The number of hydrogen-bond acceptors (Lipinski definition) is 3. The number of phenols is 1. The highest BCUT2D eigenvalue weighted by Gasteiger charge is 2.34. The van der Waals surface area contributed by atoms with Crippen LogP contribution in [0.3, 0.4) is 0 Å². The molecule has 5 nitrogen and oxygen atoms in total. The highest BCUT2D eigenvalue weighted by atomic mass is 127. The molecule has 2 rings (SSSR count). The van der Waals surface area contributed by atoms with Crippen LogP contribution in [0.4, 0.5) is 0 Å². The van der Waals surface area contributed by atoms with Gasteiger partial charge >= 0.3 is 0 Å². The molecule has 1 unspecified atom stereocenters. The predicted octanol–water partition coefficient (Wildman–Crippen LogP) is 1.35. The van der Waals surface area contributed by atoms with Crippen molar-refractivity contribution in [2.24, 2.45) is 0 Å². The van der Waals surface area contributed by atoms with Crippen LogP contribution in [-0.4, -0.2) is 41.5 Å². The first kappa shape index (κ1) is 14.1. The lowest BCUT2D eigenvalue weighted by Gasteiger charge is -2.23. The van der Waals surface area contributed by atoms with E-state index in [9.17, 15) is 14.7 Å². The van der Waals surface area contributed by atoms with Crippen LogP contribution in [0.5, 0.6) is 5.75 Å². The van der Waals surface area contributed by atoms with E-state index in [2.05, 4.69) is 5.32 Å². The van der Waals surface area contributed by atoms with Crippen molar-refractivity contribution in [2.75, 3.05) is 13.6 Å². The molecule has 0 saturated carbocycles. The quantitative estimate of drug-likeness (QED) is 0.768. The summed E-state index contributed by atoms with van der Waals surface area (Å²) in [4.78, 5) is 25.7. The van der Waals surface area contributed by atoms with Gasteiger partial charge in [0.1, 0.15) is 11.8 Å². The van der Waals surface area contributed by atoms with Crippen molar-refractivity contribution in [1.29, 1.82) is 0 Å². The molecule has 6 heteroatoms. The summed E-state index contributed by atoms with van der Waals surface area (Å²) in [6.45, 7) is 0.573. The Kier molecular flexibility index (Phi) is 4.28. The monoisotopic (exact) mass is 374 g/mol. The molecular weight excluding hydrogens is 359 g/mol. The number of halogens is 1. The molecule has 0 radical (unpaired) electrons. The van der Waals surface area contributed by atoms with Crippen molar-refractivity contribution in [1.82, 2.24) is 10.2 Å². The van der Waals surface area contributed by atoms with E-state index < -0.39 is 6.04 Å². The van der Waals surface area contributed by atoms with E-state index >= 15 is 0 Å². The van der Waals surface area contributed by atoms with Crippen LogP contribution in [-0.2, 0) is 4.79 Å². The molecule has 1 fully saturated rings. The molecule has 1 heterocycles. The number of nitrogens with zero attached hydrogens (tertiary/aromatic N) is 1. The summed E-state index contributed by atoms with van der Waals surface area (Å²) >= 11 is 1.99. The van der Waals surface area contributed by atoms with E-state index in [-0.39, 0.29) is 17.6 Å². The van der Waals surface area contributed by atoms with Crippen molar-refractivity contribution < 1.29 is 14.7 Å². The van der Waals surface area contributed by atoms with Gasteiger partial charge in [-0.05, 0) is 53.6 Å². The Labute approximate surface area is 125 Å². The SMILES string of the molecule is CNC(=O)C1CCCN1C(=O)c1ccc(I)c(O)c1. The third-order valence-corrected chi connectivity index (χ3v) is 4.17. The molecule has 1 aromatic carbocycles. The average Bonchev–Trinajstić information content (AvgIpc) is 2.89. The van der Waals surface area contributed by atoms with Crippen LogP contribution in [0.2, 0.25) is 0 Å². The lowest BCUT2D eigenvalue weighted by molar-refractivity contribution is -0.124. The van der Waals surface area contributed by atoms with E-state index in [1.165, 1.54) is 6.07 Å². The number of hydrogen-bond donors (Lipinski definition) is 2. The molecular formula is C13H15IN2O3. The van der Waals surface area contributed by atoms with Gasteiger partial charge in [-0.25, -0.2) is 0 Å². The first-order valence-corrected chi connectivity index (χ1v) is 7.13. The van der Waals surface area contributed by atoms with Gasteiger partial charge in [0.25, 0.3) is 5.91 Å². The number of rotatable bonds is 2. The van der Waals surface area contributed by atoms with Crippen LogP contribution in [0, 0.1) is 3.57 Å². The molecule has 102 valence electrons. The van der Waals surface area contributed by atoms with Gasteiger partial charge in [-0.1, -0.05) is 0 Å². The van der Waals surface area contributed by atoms with E-state index in [1.54, 1.807) is 24.1 Å². The molecule has 0 bridgehead atoms. The Morgan fingerprint density at radius 2 is 2.21 bits per heavy atom. The summed E-state index contributed by atoms with van der Waals surface area (Å²) in [5.41, 5.74) is 0.411. The standard InChI is InChI=1S/C13H15IN2O3/c1-15-12(18)10-3-2-6-16(10)13(19)8-4-5-9(14)11(17)7-8/h4-5,7,10,17H,2-3,6H2,1H3,(H,15,18). The zero-order valence-electron chi connectivity index (χ0n) is 10.5. The number of phenolic OH excluding ortho intramolecular Hbond substituents is 1. The predicted molar refractivity (Wildman–Crippen MR) is 78.9 cm³/mol. The molecule has 0 spiro atoms. The summed E-state index contributed by atoms with van der Waals surface area (Å²) in [5, 5.41) is 12.2. The number of carbonyl (C=O) groups is 2. The van der Waals surface area contributed by atoms with Gasteiger partial charge in [-0.3, -0.25) is 9.59 Å². The minimum atomic E-state index is -0.404. The molecule has 19 heavy (non-hydrogen) atoms. The summed E-state index contributed by atoms with van der Waals surface area (Å²) in [6.07, 6.45) is 1.50. The summed E-state index contributed by atoms with van der Waals surface area (Å²) in [7, 11) is 1.57. The third-order valence-electron chi connectivity index (χ3n) is 3.26. The maximum atomic E-state index is 12.4. The Balaban J connectivity index is 2.23. The van der Waals surface area contributed by atoms with Crippen molar-refractivity contribution in [3.63, 3.8) is 0 Å². The second-order valence-corrected chi connectivity index (χ2v) is 5.60. The Morgan fingerprint density at radius 3 is 2.84 bits per heavy atom. The number of likely N-dealkylation sites (N-methyl/N-ethyl adjacent to an activating group) is 1. The van der Waals surface area contributed by atoms with Gasteiger partial charge in [-0.2, -0.15) is 0 Å². The molecule has 1 aromatic rings. The Morgan fingerprint density at radius 1 is 1.47 bits per heavy atom. The third kappa shape index (κ3) is 2.83. The molecule has 0 aliphatic carbocycles. The molecule has 2 N–H and O–H groups in total. The molecule has 1 atom stereocenters. The van der Waals surface area contributed by atoms with E-state index in [1.807, 2.05) is 22.6 Å². The fourth-order valence-electron chi connectivity index (χ4n) is 2.26. The van der Waals surface area contributed by atoms with E-state index in [4.69, 9.17) is 0 Å². The van der Waals surface area contributed by atoms with Gasteiger partial charge in [0, 0.05) is 19.2 Å². The second kappa shape index (κ2) is 5.77. The highest BCUT2D eigenvalue weighted by molar-refractivity contribution is 14.1. The zero-order valence-corrected chi connectivity index (χ0v) is 12.7. The molecule has 1 saturated heterocycles. The summed E-state index contributed by atoms with van der Waals surface area (Å²) in [6, 6.07) is 4.40. The van der Waals surface area contributed by atoms with Crippen molar-refractivity contribution >= 4 is 34.4 Å². The number of likely N-dealkylation sites (tertiary alicyclic amines) is 1. The fourth-order valence-corrected chi connectivity index (χ4v) is 2.60. The van der Waals surface area contributed by atoms with Crippen molar-refractivity contribution in [2.45, 2.75) is 18.9 Å². The van der Waals surface area contributed by atoms with Crippen LogP contribution < -0.4 is 5.32 Å². The summed E-state index contributed by atoms with van der Waals surface area (Å²) in [5.74, 6) is -0.263. The molecule has 0 aromatic heterocycles. The first-order valence-electron chi connectivity index (χ1n) is 6.05. The Hall–Kier alpha value is -1.31. The van der Waals surface area contributed by atoms with Crippen LogP contribution in [0.1, 0.15) is 23.2 Å². The molecule has 1 aliphatic heterocycles. The van der Waals surface area contributed by atoms with E-state index in [0.717, 1.165) is 6.42 Å². The second-order valence-electron chi connectivity index (χ2n) is 4.44. The normalized spacial score (nSPS) is 18.4. The number of aromatic hydroxyl groups is 1. The molecule has 2 amide bonds. The summed E-state index contributed by atoms with van der Waals surface area (Å²) < 4.78 is 0.693. The van der Waals surface area contributed by atoms with Crippen molar-refractivity contribution in [3.8, 4) is 5.75 Å². The number of benzene rings is 1. The van der Waals surface area contributed by atoms with Crippen LogP contribution >= 0.6 is 22.6 Å². The minimum absolute atomic E-state index is 0.0853. The Bertz CT molecular complexity index is 519. The fraction of sp³-hybridized carbons (Fsp3) is 0.385. The van der Waals surface area contributed by atoms with E-state index in [0.29, 0.717) is 22.1 Å². The number of nitrogens with one attached hydrogen (secondary N) is 1. The maximum Gasteiger partial charge on any atom is 0.254 e. The largest absolute Gasteiger partial charge is 0.507 e. The highest BCUT2D eigenvalue weighted by Crippen LogP contribution is 2.24. The lowest BCUT2D eigenvalue weighted by atomic mass is 10.1. The maximum absolute atomic E-state index is 12.4. The van der Waals surface area contributed by atoms with Gasteiger partial charge in [0.05, 0.1) is 3.57 Å². The lowest BCUT2D eigenvalue weighted by Crippen LogP contribution is -2.44. The molecule has 1 aliphatic rings. The average molecular weight is 374 g/mol.